The Morgan fingerprint density at radius 3 is 1.57 bits per heavy atom. The van der Waals surface area contributed by atoms with Gasteiger partial charge >= 0.3 is 0 Å². The third kappa shape index (κ3) is 5.92. The molecular weight excluding hydrogens is 761 g/mol. The van der Waals surface area contributed by atoms with E-state index in [-0.39, 0.29) is 0 Å². The largest absolute Gasteiger partial charge is 0.308 e. The topological polar surface area (TPSA) is 35.6 Å². The number of hydrogen-bond acceptors (Lipinski definition) is 2. The lowest BCUT2D eigenvalue weighted by molar-refractivity contribution is 0.944. The summed E-state index contributed by atoms with van der Waals surface area (Å²) in [5, 5.41) is 8.09. The van der Waals surface area contributed by atoms with Gasteiger partial charge < -0.3 is 9.13 Å². The summed E-state index contributed by atoms with van der Waals surface area (Å²) in [6.45, 7) is 14.5. The molecule has 0 unspecified atom stereocenters. The summed E-state index contributed by atoms with van der Waals surface area (Å²) in [4.78, 5) is 9.20. The molecule has 1 aliphatic carbocycles. The van der Waals surface area contributed by atoms with Crippen molar-refractivity contribution in [2.24, 2.45) is 0 Å². The molecule has 0 saturated carbocycles. The van der Waals surface area contributed by atoms with Gasteiger partial charge in [-0.1, -0.05) is 122 Å². The van der Waals surface area contributed by atoms with E-state index in [2.05, 4.69) is 186 Å². The van der Waals surface area contributed by atoms with Crippen LogP contribution >= 0.6 is 0 Å². The Labute approximate surface area is 353 Å². The maximum Gasteiger partial charge on any atom is 0.0776 e. The second-order valence-corrected chi connectivity index (χ2v) is 28.9. The fourth-order valence-electron chi connectivity index (χ4n) is 9.72. The number of hydrogen-bond donors (Lipinski definition) is 0. The van der Waals surface area contributed by atoms with Gasteiger partial charge in [0.05, 0.1) is 62.0 Å². The van der Waals surface area contributed by atoms with Crippen LogP contribution in [0.25, 0.3) is 88.4 Å². The van der Waals surface area contributed by atoms with Gasteiger partial charge in [-0.25, -0.2) is 0 Å². The van der Waals surface area contributed by atoms with Crippen molar-refractivity contribution >= 4 is 70.1 Å². The lowest BCUT2D eigenvalue weighted by Crippen LogP contribution is -2.37. The van der Waals surface area contributed by atoms with E-state index >= 15 is 0 Å². The van der Waals surface area contributed by atoms with E-state index in [1.807, 2.05) is 30.9 Å². The SMILES string of the molecule is C[Si](C)(C)c1cccc(-c2ccc3c(c2)c2cc4c(cc2n3-c2cccnc2)-c2ccc3c5cc(-c6cccc([Si](C)(C)C)c6)ccc5n(-c5cccnc5)c3c2CC4)c1. The van der Waals surface area contributed by atoms with Gasteiger partial charge in [0.15, 0.2) is 0 Å². The molecule has 4 aromatic heterocycles. The lowest BCUT2D eigenvalue weighted by atomic mass is 9.83. The summed E-state index contributed by atoms with van der Waals surface area (Å²) in [6, 6.07) is 50.7. The average Bonchev–Trinajstić information content (AvgIpc) is 3.77. The summed E-state index contributed by atoms with van der Waals surface area (Å²) >= 11 is 0. The molecule has 6 aromatic carbocycles. The monoisotopic (exact) mass is 808 g/mol. The van der Waals surface area contributed by atoms with Crippen LogP contribution in [0.5, 0.6) is 0 Å². The minimum absolute atomic E-state index is 0.961. The summed E-state index contributed by atoms with van der Waals surface area (Å²) in [5.41, 5.74) is 17.6. The summed E-state index contributed by atoms with van der Waals surface area (Å²) in [7, 11) is -2.94. The van der Waals surface area contributed by atoms with Crippen LogP contribution in [0.15, 0.2) is 158 Å². The molecule has 0 saturated heterocycles. The zero-order valence-corrected chi connectivity index (χ0v) is 37.2. The number of nitrogens with zero attached hydrogens (tertiary/aromatic N) is 4. The number of aryl methyl sites for hydroxylation is 2. The smallest absolute Gasteiger partial charge is 0.0776 e. The van der Waals surface area contributed by atoms with Gasteiger partial charge in [-0.15, -0.1) is 0 Å². The van der Waals surface area contributed by atoms with Crippen LogP contribution in [-0.4, -0.2) is 35.2 Å². The Hall–Kier alpha value is -6.35. The number of pyridine rings is 2. The van der Waals surface area contributed by atoms with Crippen molar-refractivity contribution in [1.82, 2.24) is 19.1 Å². The predicted octanol–water partition coefficient (Wildman–Crippen LogP) is 12.9. The maximum absolute atomic E-state index is 4.61. The molecule has 0 N–H and O–H groups in total. The molecule has 0 bridgehead atoms. The highest BCUT2D eigenvalue weighted by atomic mass is 28.3. The molecule has 4 nitrogen and oxygen atoms in total. The van der Waals surface area contributed by atoms with Crippen molar-refractivity contribution in [3.63, 3.8) is 0 Å². The Bertz CT molecular complexity index is 3260. The molecular formula is C54H48N4Si2. The third-order valence-corrected chi connectivity index (χ3v) is 17.0. The molecule has 0 aliphatic heterocycles. The van der Waals surface area contributed by atoms with Crippen molar-refractivity contribution in [3.05, 3.63) is 169 Å². The lowest BCUT2D eigenvalue weighted by Gasteiger charge is -2.23. The van der Waals surface area contributed by atoms with Crippen LogP contribution in [0.1, 0.15) is 11.1 Å². The Morgan fingerprint density at radius 1 is 0.433 bits per heavy atom. The average molecular weight is 809 g/mol. The molecule has 0 amide bonds. The zero-order chi connectivity index (χ0) is 40.9. The fourth-order valence-corrected chi connectivity index (χ4v) is 12.1. The molecule has 0 spiro atoms. The summed E-state index contributed by atoms with van der Waals surface area (Å²) < 4.78 is 4.88. The van der Waals surface area contributed by atoms with Crippen LogP contribution in [0.3, 0.4) is 0 Å². The highest BCUT2D eigenvalue weighted by Gasteiger charge is 2.26. The molecule has 60 heavy (non-hydrogen) atoms. The highest BCUT2D eigenvalue weighted by molar-refractivity contribution is 6.89. The van der Waals surface area contributed by atoms with E-state index in [0.717, 1.165) is 24.2 Å². The number of aromatic nitrogens is 4. The summed E-state index contributed by atoms with van der Waals surface area (Å²) in [6.07, 6.45) is 9.65. The van der Waals surface area contributed by atoms with Gasteiger partial charge in [0.1, 0.15) is 0 Å². The van der Waals surface area contributed by atoms with Gasteiger partial charge in [0.2, 0.25) is 0 Å². The van der Waals surface area contributed by atoms with Crippen molar-refractivity contribution < 1.29 is 0 Å². The van der Waals surface area contributed by atoms with Crippen molar-refractivity contribution in [3.8, 4) is 44.8 Å². The second-order valence-electron chi connectivity index (χ2n) is 18.7. The number of rotatable bonds is 6. The third-order valence-electron chi connectivity index (χ3n) is 12.9. The van der Waals surface area contributed by atoms with E-state index in [4.69, 9.17) is 0 Å². The van der Waals surface area contributed by atoms with E-state index in [1.165, 1.54) is 98.5 Å². The van der Waals surface area contributed by atoms with E-state index in [9.17, 15) is 0 Å². The Kier molecular flexibility index (Phi) is 8.32. The van der Waals surface area contributed by atoms with Crippen molar-refractivity contribution in [1.29, 1.82) is 0 Å². The first-order valence-corrected chi connectivity index (χ1v) is 28.3. The molecule has 0 fully saturated rings. The van der Waals surface area contributed by atoms with Crippen molar-refractivity contribution in [2.45, 2.75) is 52.1 Å². The highest BCUT2D eigenvalue weighted by Crippen LogP contribution is 2.46. The van der Waals surface area contributed by atoms with E-state index in [0.29, 0.717) is 0 Å². The summed E-state index contributed by atoms with van der Waals surface area (Å²) in [5.74, 6) is 0. The molecule has 0 radical (unpaired) electrons. The van der Waals surface area contributed by atoms with Gasteiger partial charge in [-0.05, 0) is 118 Å². The maximum atomic E-state index is 4.61. The van der Waals surface area contributed by atoms with Crippen LogP contribution < -0.4 is 10.4 Å². The standard InChI is InChI=1S/C54H48N4Si2/c1-59(2,3)42-15-7-11-35(27-42)37-19-24-52-48(29-37)46-22-21-44-45(54(46)58(52)41-14-10-26-56-34-41)20-17-39-31-50-49-30-38(36-12-8-16-43(28-36)60(4,5)6)18-23-51(49)57(53(50)32-47(39)44)40-13-9-25-55-33-40/h7-16,18-19,21-34H,17,20H2,1-6H3. The van der Waals surface area contributed by atoms with Crippen LogP contribution in [-0.2, 0) is 12.8 Å². The van der Waals surface area contributed by atoms with E-state index < -0.39 is 16.1 Å². The first kappa shape index (κ1) is 36.7. The molecule has 6 heteroatoms. The molecule has 292 valence electrons. The van der Waals surface area contributed by atoms with Crippen LogP contribution in [0.2, 0.25) is 39.3 Å². The molecule has 4 heterocycles. The Balaban J connectivity index is 1.14. The molecule has 0 atom stereocenters. The van der Waals surface area contributed by atoms with Gasteiger partial charge in [-0.3, -0.25) is 9.97 Å². The predicted molar refractivity (Wildman–Crippen MR) is 260 cm³/mol. The quantitative estimate of drug-likeness (QED) is 0.157. The minimum Gasteiger partial charge on any atom is -0.308 e. The molecule has 1 aliphatic rings. The van der Waals surface area contributed by atoms with Gasteiger partial charge in [0.25, 0.3) is 0 Å². The molecule has 11 rings (SSSR count). The second kappa shape index (κ2) is 13.6. The first-order valence-electron chi connectivity index (χ1n) is 21.3. The van der Waals surface area contributed by atoms with Gasteiger partial charge in [0, 0.05) is 33.9 Å². The first-order chi connectivity index (χ1) is 29.0. The van der Waals surface area contributed by atoms with Crippen molar-refractivity contribution in [2.75, 3.05) is 0 Å². The fraction of sp³-hybridized carbons (Fsp3) is 0.148. The molecule has 10 aromatic rings. The van der Waals surface area contributed by atoms with Crippen LogP contribution in [0.4, 0.5) is 0 Å². The normalized spacial score (nSPS) is 13.0. The number of benzene rings is 6. The Morgan fingerprint density at radius 2 is 0.983 bits per heavy atom. The van der Waals surface area contributed by atoms with E-state index in [1.54, 1.807) is 0 Å². The van der Waals surface area contributed by atoms with Crippen LogP contribution in [0, 0.1) is 0 Å². The zero-order valence-electron chi connectivity index (χ0n) is 35.2. The number of fused-ring (bicyclic) bond motifs is 10. The van der Waals surface area contributed by atoms with Gasteiger partial charge in [-0.2, -0.15) is 0 Å². The minimum atomic E-state index is -1.47.